The zero-order chi connectivity index (χ0) is 89.1. The molecular weight excluding hydrogens is 1520 g/mol. The molecule has 14 fully saturated rings. The van der Waals surface area contributed by atoms with Gasteiger partial charge in [-0.2, -0.15) is 0 Å². The standard InChI is InChI=1S/C11H21N.C11H15N.C11H21N.C11H15N.C11H21N.C11H15N.2C10H19N.C10H13N.2C9H17N/c2*1-9-7-10-5-3-4-6-11(10)8-12(9)2;2*1-9-11-6-4-3-5-10(11)7-8-12(9)2;2*1-9-7-8-10-5-3-4-6-11(10)12(9)2;1-8-10-6-4-3-5-9(10)7-11(8)2;2*1-8-7-9-5-3-4-6-10(9)11(8)2;1-7-9-5-3-4-8(9)6-10(7)2;1-7-6-8-4-3-5-9(8)10(7)2/h9-11H,3-8H2,1-2H3;3-6,9H,7-8H2,1-2H3;9-11H,3-8H2,1-2H3;3-6,9H,7-8H2,1-2H3;9-11H,3-8H2,1-2H3;3-6,9H,7-8H2,1-2H3;2*8-10H,3-7H2,1-2H3;3-6,8H,7H2,1-2H3;2*7-9H,3-6H2,1-2H3. The quantitative estimate of drug-likeness (QED) is 0.169. The summed E-state index contributed by atoms with van der Waals surface area (Å²) in [7, 11) is 24.8. The van der Waals surface area contributed by atoms with Crippen molar-refractivity contribution in [3.8, 4) is 0 Å². The Balaban J connectivity index is 0.000000125. The van der Waals surface area contributed by atoms with Gasteiger partial charge in [-0.05, 0) is 404 Å². The van der Waals surface area contributed by atoms with Gasteiger partial charge in [0.25, 0.3) is 0 Å². The molecule has 7 aliphatic carbocycles. The largest absolute Gasteiger partial charge is 0.372 e. The molecule has 11 nitrogen and oxygen atoms in total. The maximum atomic E-state index is 2.63. The van der Waals surface area contributed by atoms with E-state index in [4.69, 9.17) is 0 Å². The third-order valence-electron chi connectivity index (χ3n) is 37.9. The molecule has 0 bridgehead atoms. The van der Waals surface area contributed by atoms with Crippen molar-refractivity contribution >= 4 is 11.4 Å². The minimum atomic E-state index is 0.593. The van der Waals surface area contributed by atoms with Crippen LogP contribution in [0.4, 0.5) is 11.4 Å². The molecule has 11 aliphatic heterocycles. The number of likely N-dealkylation sites (tertiary alicyclic amines) is 7. The number of hydrogen-bond acceptors (Lipinski definition) is 11. The third-order valence-corrected chi connectivity index (χ3v) is 37.9. The Hall–Kier alpha value is -3.88. The second-order valence-corrected chi connectivity index (χ2v) is 45.3. The van der Waals surface area contributed by atoms with Gasteiger partial charge >= 0.3 is 0 Å². The predicted octanol–water partition coefficient (Wildman–Crippen LogP) is 24.5. The molecule has 4 aromatic carbocycles. The van der Waals surface area contributed by atoms with Gasteiger partial charge in [0.15, 0.2) is 0 Å². The summed E-state index contributed by atoms with van der Waals surface area (Å²) in [5, 5.41) is 0. The highest BCUT2D eigenvalue weighted by Crippen LogP contribution is 2.46. The Labute approximate surface area is 771 Å². The summed E-state index contributed by atoms with van der Waals surface area (Å²) in [4.78, 5) is 27.5. The molecule has 25 atom stereocenters. The number of fused-ring (bicyclic) bond motifs is 11. The Bertz CT molecular complexity index is 3530. The Morgan fingerprint density at radius 3 is 1.25 bits per heavy atom. The van der Waals surface area contributed by atoms with Crippen molar-refractivity contribution < 1.29 is 0 Å². The molecule has 0 amide bonds. The summed E-state index contributed by atoms with van der Waals surface area (Å²) in [5.74, 6) is 11.5. The van der Waals surface area contributed by atoms with E-state index in [9.17, 15) is 0 Å². The second kappa shape index (κ2) is 48.7. The number of para-hydroxylation sites is 2. The number of likely N-dealkylation sites (N-methyl/N-ethyl adjacent to an activating group) is 3. The fourth-order valence-electron chi connectivity index (χ4n) is 27.9. The van der Waals surface area contributed by atoms with Crippen LogP contribution >= 0.6 is 0 Å². The van der Waals surface area contributed by atoms with E-state index in [1.807, 2.05) is 0 Å². The van der Waals surface area contributed by atoms with Crippen molar-refractivity contribution in [2.45, 2.75) is 405 Å². The lowest BCUT2D eigenvalue weighted by atomic mass is 9.71. The molecule has 0 spiro atoms. The van der Waals surface area contributed by atoms with Crippen LogP contribution in [0.2, 0.25) is 0 Å². The fraction of sp³-hybridized carbons (Fsp3) is 0.789. The molecule has 18 aliphatic rings. The van der Waals surface area contributed by atoms with Crippen LogP contribution in [0.15, 0.2) is 97.1 Å². The number of nitrogens with zero attached hydrogens (tertiary/aromatic N) is 11. The van der Waals surface area contributed by atoms with Crippen LogP contribution < -0.4 is 9.80 Å². The first-order valence-electron chi connectivity index (χ1n) is 53.3. The summed E-state index contributed by atoms with van der Waals surface area (Å²) in [6, 6.07) is 46.3. The van der Waals surface area contributed by atoms with E-state index in [2.05, 4.69) is 305 Å². The van der Waals surface area contributed by atoms with Gasteiger partial charge in [-0.3, -0.25) is 9.80 Å². The van der Waals surface area contributed by atoms with Crippen LogP contribution in [-0.4, -0.2) is 233 Å². The average molecular weight is 1720 g/mol. The zero-order valence-electron chi connectivity index (χ0n) is 85.0. The summed E-state index contributed by atoms with van der Waals surface area (Å²) < 4.78 is 0. The summed E-state index contributed by atoms with van der Waals surface area (Å²) in [5.41, 5.74) is 11.9. The molecule has 25 unspecified atom stereocenters. The van der Waals surface area contributed by atoms with Gasteiger partial charge in [0.2, 0.25) is 0 Å². The number of anilines is 2. The van der Waals surface area contributed by atoms with E-state index < -0.39 is 0 Å². The van der Waals surface area contributed by atoms with Gasteiger partial charge in [0, 0.05) is 143 Å². The van der Waals surface area contributed by atoms with E-state index in [0.29, 0.717) is 24.2 Å². The summed E-state index contributed by atoms with van der Waals surface area (Å²) >= 11 is 0. The number of piperidine rings is 3. The Morgan fingerprint density at radius 2 is 0.648 bits per heavy atom. The van der Waals surface area contributed by atoms with Gasteiger partial charge in [-0.1, -0.05) is 175 Å². The molecular formula is C114H193N11. The van der Waals surface area contributed by atoms with Crippen molar-refractivity contribution in [2.24, 2.45) is 65.1 Å². The number of hydrogen-bond donors (Lipinski definition) is 0. The van der Waals surface area contributed by atoms with Gasteiger partial charge in [-0.15, -0.1) is 0 Å². The van der Waals surface area contributed by atoms with Gasteiger partial charge < -0.3 is 44.1 Å². The molecule has 11 heteroatoms. The Morgan fingerprint density at radius 1 is 0.240 bits per heavy atom. The van der Waals surface area contributed by atoms with E-state index in [1.165, 1.54) is 315 Å². The molecule has 4 aromatic rings. The second-order valence-electron chi connectivity index (χ2n) is 45.3. The molecule has 22 rings (SSSR count). The minimum Gasteiger partial charge on any atom is -0.372 e. The monoisotopic (exact) mass is 1720 g/mol. The molecule has 125 heavy (non-hydrogen) atoms. The highest BCUT2D eigenvalue weighted by Gasteiger charge is 2.44. The van der Waals surface area contributed by atoms with Crippen molar-refractivity contribution in [2.75, 3.05) is 120 Å². The maximum absolute atomic E-state index is 2.63. The van der Waals surface area contributed by atoms with Gasteiger partial charge in [-0.25, -0.2) is 0 Å². The number of aryl methyl sites for hydroxylation is 1. The molecule has 7 saturated carbocycles. The van der Waals surface area contributed by atoms with Crippen LogP contribution in [0.5, 0.6) is 0 Å². The minimum absolute atomic E-state index is 0.593. The molecule has 0 N–H and O–H groups in total. The van der Waals surface area contributed by atoms with Crippen LogP contribution in [0.3, 0.4) is 0 Å². The highest BCUT2D eigenvalue weighted by atomic mass is 15.2. The zero-order valence-corrected chi connectivity index (χ0v) is 85.0. The molecule has 7 saturated heterocycles. The molecule has 0 radical (unpaired) electrons. The molecule has 11 heterocycles. The molecule has 0 aromatic heterocycles. The van der Waals surface area contributed by atoms with E-state index in [1.54, 1.807) is 0 Å². The smallest absolute Gasteiger partial charge is 0.0399 e. The van der Waals surface area contributed by atoms with Crippen molar-refractivity contribution in [3.63, 3.8) is 0 Å². The van der Waals surface area contributed by atoms with Crippen LogP contribution in [0.1, 0.15) is 327 Å². The SMILES string of the molecule is CC1C2CCCC2CN1C.CC1C2CCCCC2CCN1C.CC1C2CCCCC2CN1C.CC1CC2CCCC2N1C.CC1CC2CCCCC2CN1C.CC1CC2CCCCC2N1C.CC1CCC2CCCCC2N1C.CC1CCc2ccccc2N1C.CC1Cc2ccccc2CN1C.CC1Cc2ccccc2N1C.CC1c2ccccc2CCN1C. The first kappa shape index (κ1) is 100. The Kier molecular flexibility index (Phi) is 39.0. The number of benzene rings is 4. The fourth-order valence-corrected chi connectivity index (χ4v) is 27.9. The summed E-state index contributed by atoms with van der Waals surface area (Å²) in [6.07, 6.45) is 53.6. The predicted molar refractivity (Wildman–Crippen MR) is 540 cm³/mol. The van der Waals surface area contributed by atoms with E-state index in [-0.39, 0.29) is 0 Å². The van der Waals surface area contributed by atoms with E-state index in [0.717, 1.165) is 132 Å². The first-order valence-corrected chi connectivity index (χ1v) is 53.3. The van der Waals surface area contributed by atoms with Crippen molar-refractivity contribution in [1.82, 2.24) is 44.1 Å². The number of rotatable bonds is 0. The highest BCUT2D eigenvalue weighted by molar-refractivity contribution is 5.58. The molecule has 704 valence electrons. The normalized spacial score (nSPS) is 37.0. The lowest BCUT2D eigenvalue weighted by molar-refractivity contribution is 0.0447. The van der Waals surface area contributed by atoms with Gasteiger partial charge in [0.05, 0.1) is 0 Å². The maximum Gasteiger partial charge on any atom is 0.0399 e. The van der Waals surface area contributed by atoms with Crippen molar-refractivity contribution in [1.29, 1.82) is 0 Å². The average Bonchev–Trinajstić information content (AvgIpc) is 1.54. The van der Waals surface area contributed by atoms with Gasteiger partial charge in [0.1, 0.15) is 0 Å². The van der Waals surface area contributed by atoms with Crippen molar-refractivity contribution in [3.05, 3.63) is 130 Å². The van der Waals surface area contributed by atoms with Crippen LogP contribution in [0, 0.1) is 65.1 Å². The topological polar surface area (TPSA) is 35.6 Å². The summed E-state index contributed by atoms with van der Waals surface area (Å²) in [6.45, 7) is 33.5. The lowest BCUT2D eigenvalue weighted by Crippen LogP contribution is -2.48. The van der Waals surface area contributed by atoms with E-state index >= 15 is 0 Å². The van der Waals surface area contributed by atoms with Crippen LogP contribution in [-0.2, 0) is 32.2 Å². The third kappa shape index (κ3) is 26.6. The lowest BCUT2D eigenvalue weighted by Gasteiger charge is -2.45. The first-order chi connectivity index (χ1) is 60.1. The van der Waals surface area contributed by atoms with Crippen LogP contribution in [0.25, 0.3) is 0 Å².